The lowest BCUT2D eigenvalue weighted by Crippen LogP contribution is -2.42. The van der Waals surface area contributed by atoms with Crippen molar-refractivity contribution in [3.63, 3.8) is 0 Å². The monoisotopic (exact) mass is 538 g/mol. The summed E-state index contributed by atoms with van der Waals surface area (Å²) in [7, 11) is -3.35. The van der Waals surface area contributed by atoms with Crippen molar-refractivity contribution >= 4 is 45.6 Å². The number of hydrogen-bond acceptors (Lipinski definition) is 4. The molecule has 1 aromatic rings. The van der Waals surface area contributed by atoms with Crippen LogP contribution >= 0.6 is 24.0 Å². The number of benzene rings is 1. The fraction of sp³-hybridized carbons (Fsp3) is 0.650. The molecule has 0 saturated heterocycles. The first-order chi connectivity index (χ1) is 13.6. The third-order valence-corrected chi connectivity index (χ3v) is 6.31. The Morgan fingerprint density at radius 2 is 1.93 bits per heavy atom. The minimum atomic E-state index is -3.35. The molecule has 2 N–H and O–H groups in total. The van der Waals surface area contributed by atoms with Crippen molar-refractivity contribution in [2.24, 2.45) is 4.99 Å². The number of sulfonamides is 1. The summed E-state index contributed by atoms with van der Waals surface area (Å²) in [5.41, 5.74) is 1.90. The molecule has 2 rings (SSSR count). The van der Waals surface area contributed by atoms with Crippen LogP contribution in [0.3, 0.4) is 0 Å². The molecule has 9 heteroatoms. The van der Waals surface area contributed by atoms with Gasteiger partial charge >= 0.3 is 0 Å². The standard InChI is InChI=1S/C20H34N4O3S.HI/c1-3-5-15-27-16-8-12-22-20(21-4-2)23-13-17-28(25,26)24-14-11-18-9-6-7-10-19(18)24;/h6-7,9-10H,3-5,8,11-17H2,1-2H3,(H2,21,22,23);1H. The highest BCUT2D eigenvalue weighted by atomic mass is 127. The number of rotatable bonds is 12. The average molecular weight is 538 g/mol. The van der Waals surface area contributed by atoms with Crippen LogP contribution in [-0.4, -0.2) is 59.5 Å². The predicted molar refractivity (Wildman–Crippen MR) is 131 cm³/mol. The van der Waals surface area contributed by atoms with Gasteiger partial charge in [0.05, 0.1) is 11.4 Å². The average Bonchev–Trinajstić information content (AvgIpc) is 3.12. The summed E-state index contributed by atoms with van der Waals surface area (Å²) in [4.78, 5) is 4.49. The normalized spacial score (nSPS) is 13.7. The largest absolute Gasteiger partial charge is 0.381 e. The molecule has 29 heavy (non-hydrogen) atoms. The number of para-hydroxylation sites is 1. The van der Waals surface area contributed by atoms with Crippen LogP contribution in [0.1, 0.15) is 38.7 Å². The second-order valence-electron chi connectivity index (χ2n) is 6.77. The quantitative estimate of drug-likeness (QED) is 0.185. The highest BCUT2D eigenvalue weighted by Gasteiger charge is 2.28. The maximum absolute atomic E-state index is 12.7. The third-order valence-electron chi connectivity index (χ3n) is 4.54. The number of anilines is 1. The van der Waals surface area contributed by atoms with Crippen molar-refractivity contribution in [3.05, 3.63) is 29.8 Å². The fourth-order valence-electron chi connectivity index (χ4n) is 3.05. The van der Waals surface area contributed by atoms with Gasteiger partial charge in [0.1, 0.15) is 0 Å². The van der Waals surface area contributed by atoms with Gasteiger partial charge in [0, 0.05) is 39.4 Å². The van der Waals surface area contributed by atoms with Gasteiger partial charge in [-0.3, -0.25) is 9.30 Å². The van der Waals surface area contributed by atoms with Crippen LogP contribution in [0.4, 0.5) is 5.69 Å². The fourth-order valence-corrected chi connectivity index (χ4v) is 4.48. The van der Waals surface area contributed by atoms with Gasteiger partial charge in [-0.25, -0.2) is 8.42 Å². The third kappa shape index (κ3) is 8.67. The summed E-state index contributed by atoms with van der Waals surface area (Å²) >= 11 is 0. The van der Waals surface area contributed by atoms with E-state index in [1.165, 1.54) is 4.31 Å². The molecule has 0 unspecified atom stereocenters. The number of ether oxygens (including phenoxy) is 1. The van der Waals surface area contributed by atoms with Gasteiger partial charge in [0.15, 0.2) is 5.96 Å². The zero-order valence-electron chi connectivity index (χ0n) is 17.5. The maximum Gasteiger partial charge on any atom is 0.236 e. The number of halogens is 1. The molecule has 0 spiro atoms. The Balaban J connectivity index is 0.00000420. The Hall–Kier alpha value is -1.07. The molecule has 0 fully saturated rings. The molecule has 1 heterocycles. The van der Waals surface area contributed by atoms with E-state index in [1.54, 1.807) is 0 Å². The van der Waals surface area contributed by atoms with E-state index in [-0.39, 0.29) is 29.7 Å². The highest BCUT2D eigenvalue weighted by molar-refractivity contribution is 14.0. The van der Waals surface area contributed by atoms with E-state index >= 15 is 0 Å². The summed E-state index contributed by atoms with van der Waals surface area (Å²) in [5, 5.41) is 6.28. The number of fused-ring (bicyclic) bond motifs is 1. The molecule has 0 saturated carbocycles. The molecular formula is C20H35IN4O3S. The number of aliphatic imine (C=N–C) groups is 1. The van der Waals surface area contributed by atoms with Crippen molar-refractivity contribution in [1.29, 1.82) is 0 Å². The molecule has 1 aromatic carbocycles. The molecule has 0 atom stereocenters. The second kappa shape index (κ2) is 14.0. The molecule has 0 aromatic heterocycles. The van der Waals surface area contributed by atoms with E-state index in [0.717, 1.165) is 50.1 Å². The van der Waals surface area contributed by atoms with E-state index in [2.05, 4.69) is 22.5 Å². The molecule has 0 bridgehead atoms. The lowest BCUT2D eigenvalue weighted by molar-refractivity contribution is 0.130. The first kappa shape index (κ1) is 26.0. The molecule has 0 radical (unpaired) electrons. The first-order valence-electron chi connectivity index (χ1n) is 10.3. The van der Waals surface area contributed by atoms with Crippen LogP contribution in [0.2, 0.25) is 0 Å². The SMILES string of the molecule is CCCCOCCCN=C(NCC)NCCS(=O)(=O)N1CCc2ccccc21.I. The van der Waals surface area contributed by atoms with Gasteiger partial charge in [-0.1, -0.05) is 31.5 Å². The topological polar surface area (TPSA) is 83.0 Å². The molecule has 7 nitrogen and oxygen atoms in total. The van der Waals surface area contributed by atoms with E-state index in [4.69, 9.17) is 4.74 Å². The van der Waals surface area contributed by atoms with E-state index < -0.39 is 10.0 Å². The molecule has 1 aliphatic rings. The molecular weight excluding hydrogens is 503 g/mol. The Labute approximate surface area is 192 Å². The van der Waals surface area contributed by atoms with Gasteiger partial charge in [0.2, 0.25) is 10.0 Å². The van der Waals surface area contributed by atoms with E-state index in [0.29, 0.717) is 32.2 Å². The van der Waals surface area contributed by atoms with Gasteiger partial charge in [-0.2, -0.15) is 0 Å². The first-order valence-corrected chi connectivity index (χ1v) is 11.9. The van der Waals surface area contributed by atoms with Crippen molar-refractivity contribution < 1.29 is 13.2 Å². The van der Waals surface area contributed by atoms with Crippen molar-refractivity contribution in [2.75, 3.05) is 49.5 Å². The molecule has 166 valence electrons. The summed E-state index contributed by atoms with van der Waals surface area (Å²) in [6.07, 6.45) is 3.85. The number of unbranched alkanes of at least 4 members (excludes halogenated alkanes) is 1. The zero-order chi connectivity index (χ0) is 20.2. The minimum absolute atomic E-state index is 0. The highest BCUT2D eigenvalue weighted by Crippen LogP contribution is 2.29. The van der Waals surface area contributed by atoms with Crippen LogP contribution in [0.15, 0.2) is 29.3 Å². The van der Waals surface area contributed by atoms with E-state index in [9.17, 15) is 8.42 Å². The van der Waals surface area contributed by atoms with Gasteiger partial charge in [-0.05, 0) is 37.8 Å². The molecule has 1 aliphatic heterocycles. The maximum atomic E-state index is 12.7. The summed E-state index contributed by atoms with van der Waals surface area (Å²) in [5.74, 6) is 0.680. The summed E-state index contributed by atoms with van der Waals surface area (Å²) in [6.45, 7) is 7.85. The van der Waals surface area contributed by atoms with Gasteiger partial charge in [0.25, 0.3) is 0 Å². The van der Waals surface area contributed by atoms with Crippen LogP contribution in [0.5, 0.6) is 0 Å². The minimum Gasteiger partial charge on any atom is -0.381 e. The number of nitrogens with one attached hydrogen (secondary N) is 2. The van der Waals surface area contributed by atoms with Crippen LogP contribution in [0, 0.1) is 0 Å². The van der Waals surface area contributed by atoms with Crippen LogP contribution < -0.4 is 14.9 Å². The Bertz CT molecular complexity index is 728. The predicted octanol–water partition coefficient (Wildman–Crippen LogP) is 2.76. The van der Waals surface area contributed by atoms with E-state index in [1.807, 2.05) is 31.2 Å². The smallest absolute Gasteiger partial charge is 0.236 e. The lowest BCUT2D eigenvalue weighted by Gasteiger charge is -2.20. The number of hydrogen-bond donors (Lipinski definition) is 2. The lowest BCUT2D eigenvalue weighted by atomic mass is 10.2. The Kier molecular flexibility index (Phi) is 12.6. The summed E-state index contributed by atoms with van der Waals surface area (Å²) < 4.78 is 32.5. The van der Waals surface area contributed by atoms with Crippen molar-refractivity contribution in [3.8, 4) is 0 Å². The van der Waals surface area contributed by atoms with Crippen LogP contribution in [-0.2, 0) is 21.2 Å². The zero-order valence-corrected chi connectivity index (χ0v) is 20.7. The van der Waals surface area contributed by atoms with Crippen LogP contribution in [0.25, 0.3) is 0 Å². The van der Waals surface area contributed by atoms with Crippen molar-refractivity contribution in [2.45, 2.75) is 39.5 Å². The van der Waals surface area contributed by atoms with Gasteiger partial charge < -0.3 is 15.4 Å². The van der Waals surface area contributed by atoms with Gasteiger partial charge in [-0.15, -0.1) is 24.0 Å². The molecule has 0 aliphatic carbocycles. The Morgan fingerprint density at radius 1 is 1.17 bits per heavy atom. The second-order valence-corrected chi connectivity index (χ2v) is 8.79. The molecule has 0 amide bonds. The summed E-state index contributed by atoms with van der Waals surface area (Å²) in [6, 6.07) is 7.70. The number of guanidine groups is 1. The number of nitrogens with zero attached hydrogens (tertiary/aromatic N) is 2. The van der Waals surface area contributed by atoms with Crippen molar-refractivity contribution in [1.82, 2.24) is 10.6 Å². The Morgan fingerprint density at radius 3 is 2.69 bits per heavy atom.